The van der Waals surface area contributed by atoms with Gasteiger partial charge >= 0.3 is 0 Å². The summed E-state index contributed by atoms with van der Waals surface area (Å²) < 4.78 is 37.0. The lowest BCUT2D eigenvalue weighted by atomic mass is 10.2. The Balaban J connectivity index is 2.43. The Morgan fingerprint density at radius 2 is 2.22 bits per heavy atom. The second kappa shape index (κ2) is 4.97. The quantitative estimate of drug-likeness (QED) is 0.833. The highest BCUT2D eigenvalue weighted by Crippen LogP contribution is 2.32. The minimum absolute atomic E-state index is 0.0121. The molecule has 0 aliphatic carbocycles. The smallest absolute Gasteiger partial charge is 0.169 e. The van der Waals surface area contributed by atoms with Gasteiger partial charge in [-0.15, -0.1) is 0 Å². The van der Waals surface area contributed by atoms with Crippen molar-refractivity contribution in [3.05, 3.63) is 24.0 Å². The molecule has 7 heteroatoms. The number of nitrogens with zero attached hydrogens (tertiary/aromatic N) is 1. The van der Waals surface area contributed by atoms with Crippen LogP contribution in [-0.2, 0) is 9.84 Å². The summed E-state index contributed by atoms with van der Waals surface area (Å²) in [4.78, 5) is 1.68. The Labute approximate surface area is 110 Å². The van der Waals surface area contributed by atoms with Crippen molar-refractivity contribution < 1.29 is 12.8 Å². The van der Waals surface area contributed by atoms with Crippen LogP contribution in [0.5, 0.6) is 0 Å². The molecular formula is C11H15FN2O2S2. The van der Waals surface area contributed by atoms with E-state index in [9.17, 15) is 12.8 Å². The molecule has 0 aromatic heterocycles. The predicted octanol–water partition coefficient (Wildman–Crippen LogP) is 1.33. The van der Waals surface area contributed by atoms with E-state index in [1.54, 1.807) is 28.8 Å². The second-order valence-electron chi connectivity index (χ2n) is 4.23. The van der Waals surface area contributed by atoms with Crippen molar-refractivity contribution in [2.75, 3.05) is 34.9 Å². The highest BCUT2D eigenvalue weighted by Gasteiger charge is 2.32. The van der Waals surface area contributed by atoms with Gasteiger partial charge in [0.2, 0.25) is 0 Å². The average Bonchev–Trinajstić information content (AvgIpc) is 2.32. The Hall–Kier alpha value is -0.950. The zero-order valence-corrected chi connectivity index (χ0v) is 11.6. The predicted molar refractivity (Wildman–Crippen MR) is 74.1 cm³/mol. The van der Waals surface area contributed by atoms with Crippen molar-refractivity contribution in [3.8, 4) is 0 Å². The Kier molecular flexibility index (Phi) is 3.72. The molecular weight excluding hydrogens is 275 g/mol. The van der Waals surface area contributed by atoms with E-state index in [2.05, 4.69) is 0 Å². The van der Waals surface area contributed by atoms with Gasteiger partial charge in [-0.25, -0.2) is 12.8 Å². The molecule has 2 N–H and O–H groups in total. The first-order valence-corrected chi connectivity index (χ1v) is 8.59. The van der Waals surface area contributed by atoms with Crippen molar-refractivity contribution in [1.29, 1.82) is 0 Å². The molecule has 100 valence electrons. The first-order chi connectivity index (χ1) is 8.41. The van der Waals surface area contributed by atoms with Crippen molar-refractivity contribution in [2.45, 2.75) is 5.37 Å². The fraction of sp³-hybridized carbons (Fsp3) is 0.455. The molecule has 0 amide bonds. The van der Waals surface area contributed by atoms with Gasteiger partial charge in [-0.05, 0) is 12.1 Å². The summed E-state index contributed by atoms with van der Waals surface area (Å²) in [5, 5.41) is -0.639. The Morgan fingerprint density at radius 1 is 1.50 bits per heavy atom. The van der Waals surface area contributed by atoms with Crippen LogP contribution in [0.2, 0.25) is 0 Å². The molecule has 1 saturated heterocycles. The molecule has 1 aliphatic rings. The first-order valence-electron chi connectivity index (χ1n) is 5.48. The van der Waals surface area contributed by atoms with E-state index in [1.165, 1.54) is 12.3 Å². The summed E-state index contributed by atoms with van der Waals surface area (Å²) in [6.07, 6.45) is 1.20. The molecule has 0 saturated carbocycles. The van der Waals surface area contributed by atoms with E-state index in [0.29, 0.717) is 18.0 Å². The molecule has 1 unspecified atom stereocenters. The maximum Gasteiger partial charge on any atom is 0.169 e. The molecule has 2 rings (SSSR count). The minimum atomic E-state index is -3.23. The number of halogens is 1. The van der Waals surface area contributed by atoms with Crippen LogP contribution < -0.4 is 10.6 Å². The largest absolute Gasteiger partial charge is 0.395 e. The van der Waals surface area contributed by atoms with Crippen LogP contribution >= 0.6 is 11.8 Å². The topological polar surface area (TPSA) is 63.4 Å². The van der Waals surface area contributed by atoms with Gasteiger partial charge in [-0.1, -0.05) is 6.07 Å². The number of hydrogen-bond donors (Lipinski definition) is 1. The van der Waals surface area contributed by atoms with Crippen LogP contribution in [0.1, 0.15) is 0 Å². The monoisotopic (exact) mass is 290 g/mol. The molecule has 18 heavy (non-hydrogen) atoms. The molecule has 1 fully saturated rings. The number of sulfone groups is 1. The molecule has 1 aliphatic heterocycles. The van der Waals surface area contributed by atoms with Crippen LogP contribution in [0, 0.1) is 5.82 Å². The fourth-order valence-corrected chi connectivity index (χ4v) is 4.82. The second-order valence-corrected chi connectivity index (χ2v) is 7.58. The van der Waals surface area contributed by atoms with E-state index in [0.717, 1.165) is 5.75 Å². The van der Waals surface area contributed by atoms with Crippen molar-refractivity contribution >= 4 is 33.0 Å². The third-order valence-corrected chi connectivity index (χ3v) is 5.56. The Morgan fingerprint density at radius 3 is 2.89 bits per heavy atom. The Bertz CT molecular complexity index is 548. The highest BCUT2D eigenvalue weighted by atomic mass is 32.2. The van der Waals surface area contributed by atoms with Crippen LogP contribution in [0.15, 0.2) is 18.2 Å². The van der Waals surface area contributed by atoms with E-state index >= 15 is 0 Å². The van der Waals surface area contributed by atoms with Gasteiger partial charge < -0.3 is 10.6 Å². The highest BCUT2D eigenvalue weighted by molar-refractivity contribution is 8.01. The lowest BCUT2D eigenvalue weighted by Gasteiger charge is -2.36. The number of nitrogens with two attached hydrogens (primary N) is 1. The van der Waals surface area contributed by atoms with E-state index in [1.807, 2.05) is 0 Å². The number of para-hydroxylation sites is 1. The third kappa shape index (κ3) is 2.56. The maximum atomic E-state index is 13.5. The molecule has 1 aromatic carbocycles. The molecule has 1 atom stereocenters. The summed E-state index contributed by atoms with van der Waals surface area (Å²) in [5.74, 6) is 0.773. The molecule has 1 heterocycles. The number of anilines is 2. The van der Waals surface area contributed by atoms with Crippen LogP contribution in [-0.4, -0.2) is 38.1 Å². The minimum Gasteiger partial charge on any atom is -0.395 e. The number of benzene rings is 1. The van der Waals surface area contributed by atoms with Crippen molar-refractivity contribution in [1.82, 2.24) is 0 Å². The van der Waals surface area contributed by atoms with Crippen LogP contribution in [0.25, 0.3) is 0 Å². The zero-order valence-electron chi connectivity index (χ0n) is 9.97. The van der Waals surface area contributed by atoms with E-state index in [-0.39, 0.29) is 5.69 Å². The summed E-state index contributed by atoms with van der Waals surface area (Å²) in [7, 11) is -3.23. The normalized spacial score (nSPS) is 21.0. The fourth-order valence-electron chi connectivity index (χ4n) is 1.99. The summed E-state index contributed by atoms with van der Waals surface area (Å²) >= 11 is 1.58. The van der Waals surface area contributed by atoms with Gasteiger partial charge in [0.05, 0.1) is 11.4 Å². The van der Waals surface area contributed by atoms with Gasteiger partial charge in [0.25, 0.3) is 0 Å². The molecule has 1 aromatic rings. The van der Waals surface area contributed by atoms with Crippen LogP contribution in [0.4, 0.5) is 15.8 Å². The van der Waals surface area contributed by atoms with Gasteiger partial charge in [-0.2, -0.15) is 11.8 Å². The van der Waals surface area contributed by atoms with Gasteiger partial charge in [0.1, 0.15) is 11.2 Å². The van der Waals surface area contributed by atoms with E-state index < -0.39 is 21.0 Å². The van der Waals surface area contributed by atoms with E-state index in [4.69, 9.17) is 5.73 Å². The molecule has 0 bridgehead atoms. The molecule has 0 spiro atoms. The third-order valence-electron chi connectivity index (χ3n) is 2.92. The number of hydrogen-bond acceptors (Lipinski definition) is 5. The summed E-state index contributed by atoms with van der Waals surface area (Å²) in [6.45, 7) is 0.552. The van der Waals surface area contributed by atoms with Crippen LogP contribution in [0.3, 0.4) is 0 Å². The van der Waals surface area contributed by atoms with Gasteiger partial charge in [0.15, 0.2) is 9.84 Å². The first kappa shape index (κ1) is 13.5. The lowest BCUT2D eigenvalue weighted by molar-refractivity contribution is 0.584. The van der Waals surface area contributed by atoms with Crippen molar-refractivity contribution in [2.24, 2.45) is 0 Å². The number of thioether (sulfide) groups is 1. The lowest BCUT2D eigenvalue weighted by Crippen LogP contribution is -2.47. The van der Waals surface area contributed by atoms with Crippen molar-refractivity contribution in [3.63, 3.8) is 0 Å². The molecule has 4 nitrogen and oxygen atoms in total. The molecule has 0 radical (unpaired) electrons. The van der Waals surface area contributed by atoms with Gasteiger partial charge in [-0.3, -0.25) is 0 Å². The average molecular weight is 290 g/mol. The summed E-state index contributed by atoms with van der Waals surface area (Å²) in [6, 6.07) is 4.47. The number of rotatable bonds is 2. The maximum absolute atomic E-state index is 13.5. The standard InChI is InChI=1S/C11H15FN2O2S2/c1-18(15,16)10-7-17-6-5-14(10)9-4-2-3-8(12)11(9)13/h2-4,10H,5-7,13H2,1H3. The number of nitrogen functional groups attached to an aromatic ring is 1. The summed E-state index contributed by atoms with van der Waals surface area (Å²) in [5.41, 5.74) is 6.18. The van der Waals surface area contributed by atoms with Gasteiger partial charge in [0, 0.05) is 24.3 Å². The SMILES string of the molecule is CS(=O)(=O)C1CSCCN1c1cccc(F)c1N. The zero-order chi connectivity index (χ0) is 13.3.